The van der Waals surface area contributed by atoms with Crippen LogP contribution in [0.3, 0.4) is 0 Å². The van der Waals surface area contributed by atoms with Crippen LogP contribution in [0.4, 0.5) is 11.4 Å². The SMILES string of the molecule is C/C=C\C=C1\CNc2ccc(N)cc2CC(C(=O)NCCc2ccc(O)cc2)CCN1C=O. The molecule has 2 amide bonds. The van der Waals surface area contributed by atoms with Crippen molar-refractivity contribution in [3.8, 4) is 5.75 Å². The standard InChI is InChI=1S/C26H32N4O3/c1-2-3-4-23-17-29-25-10-7-22(27)16-21(25)15-20(12-14-30(23)18-31)26(33)28-13-11-19-5-8-24(32)9-6-19/h2-10,16,18,20,29,32H,11-15,17,27H2,1H3,(H,28,33)/b3-2-,23-4-. The molecule has 2 aromatic rings. The summed E-state index contributed by atoms with van der Waals surface area (Å²) in [7, 11) is 0. The van der Waals surface area contributed by atoms with Gasteiger partial charge in [0.1, 0.15) is 5.75 Å². The number of allylic oxidation sites excluding steroid dienone is 3. The van der Waals surface area contributed by atoms with Gasteiger partial charge in [0.2, 0.25) is 12.3 Å². The number of anilines is 2. The molecule has 7 heteroatoms. The number of nitrogen functional groups attached to an aromatic ring is 1. The van der Waals surface area contributed by atoms with Gasteiger partial charge in [-0.1, -0.05) is 24.3 Å². The number of hydrogen-bond donors (Lipinski definition) is 4. The lowest BCUT2D eigenvalue weighted by atomic mass is 9.93. The van der Waals surface area contributed by atoms with Crippen LogP contribution in [0, 0.1) is 5.92 Å². The summed E-state index contributed by atoms with van der Waals surface area (Å²) in [6, 6.07) is 12.6. The fourth-order valence-electron chi connectivity index (χ4n) is 3.89. The molecule has 0 aromatic heterocycles. The fraction of sp³-hybridized carbons (Fsp3) is 0.308. The first kappa shape index (κ1) is 23.9. The predicted molar refractivity (Wildman–Crippen MR) is 132 cm³/mol. The second-order valence-corrected chi connectivity index (χ2v) is 8.15. The third-order valence-electron chi connectivity index (χ3n) is 5.77. The smallest absolute Gasteiger partial charge is 0.223 e. The monoisotopic (exact) mass is 448 g/mol. The van der Waals surface area contributed by atoms with Crippen molar-refractivity contribution in [2.75, 3.05) is 30.7 Å². The largest absolute Gasteiger partial charge is 0.508 e. The van der Waals surface area contributed by atoms with Gasteiger partial charge in [0.25, 0.3) is 0 Å². The molecule has 174 valence electrons. The zero-order valence-corrected chi connectivity index (χ0v) is 19.0. The number of rotatable bonds is 6. The van der Waals surface area contributed by atoms with E-state index in [1.165, 1.54) is 0 Å². The van der Waals surface area contributed by atoms with Crippen LogP contribution in [0.1, 0.15) is 24.5 Å². The van der Waals surface area contributed by atoms with E-state index in [1.807, 2.05) is 55.5 Å². The quantitative estimate of drug-likeness (QED) is 0.401. The molecule has 1 atom stereocenters. The number of carbonyl (C=O) groups excluding carboxylic acids is 2. The van der Waals surface area contributed by atoms with E-state index in [4.69, 9.17) is 5.73 Å². The molecule has 7 nitrogen and oxygen atoms in total. The van der Waals surface area contributed by atoms with Gasteiger partial charge in [0.15, 0.2) is 0 Å². The number of nitrogens with zero attached hydrogens (tertiary/aromatic N) is 1. The average molecular weight is 449 g/mol. The van der Waals surface area contributed by atoms with E-state index >= 15 is 0 Å². The Bertz CT molecular complexity index is 1010. The summed E-state index contributed by atoms with van der Waals surface area (Å²) in [5.74, 6) is -0.137. The van der Waals surface area contributed by atoms with Gasteiger partial charge >= 0.3 is 0 Å². The summed E-state index contributed by atoms with van der Waals surface area (Å²) in [6.07, 6.45) is 8.27. The Morgan fingerprint density at radius 2 is 2.06 bits per heavy atom. The zero-order valence-electron chi connectivity index (χ0n) is 19.0. The maximum absolute atomic E-state index is 13.1. The topological polar surface area (TPSA) is 108 Å². The van der Waals surface area contributed by atoms with Crippen molar-refractivity contribution in [3.63, 3.8) is 0 Å². The number of amides is 2. The molecule has 0 saturated carbocycles. The summed E-state index contributed by atoms with van der Waals surface area (Å²) < 4.78 is 0. The number of carbonyl (C=O) groups is 2. The summed E-state index contributed by atoms with van der Waals surface area (Å²) >= 11 is 0. The molecule has 0 fully saturated rings. The first-order chi connectivity index (χ1) is 16.0. The van der Waals surface area contributed by atoms with Crippen LogP contribution in [-0.4, -0.2) is 42.0 Å². The maximum Gasteiger partial charge on any atom is 0.223 e. The van der Waals surface area contributed by atoms with Crippen molar-refractivity contribution >= 4 is 23.7 Å². The number of benzene rings is 2. The van der Waals surface area contributed by atoms with E-state index in [-0.39, 0.29) is 17.6 Å². The molecule has 1 heterocycles. The molecule has 3 rings (SSSR count). The van der Waals surface area contributed by atoms with Crippen molar-refractivity contribution < 1.29 is 14.7 Å². The summed E-state index contributed by atoms with van der Waals surface area (Å²) in [6.45, 7) is 3.35. The predicted octanol–water partition coefficient (Wildman–Crippen LogP) is 3.23. The highest BCUT2D eigenvalue weighted by atomic mass is 16.3. The van der Waals surface area contributed by atoms with E-state index < -0.39 is 0 Å². The Balaban J connectivity index is 1.77. The fourth-order valence-corrected chi connectivity index (χ4v) is 3.89. The molecule has 5 N–H and O–H groups in total. The summed E-state index contributed by atoms with van der Waals surface area (Å²) in [5.41, 5.74) is 10.4. The number of nitrogens with two attached hydrogens (primary N) is 1. The molecule has 0 radical (unpaired) electrons. The van der Waals surface area contributed by atoms with Crippen molar-refractivity contribution in [1.82, 2.24) is 10.2 Å². The highest BCUT2D eigenvalue weighted by molar-refractivity contribution is 5.79. The molecule has 1 aliphatic rings. The molecular formula is C26H32N4O3. The Hall–Kier alpha value is -3.74. The van der Waals surface area contributed by atoms with E-state index in [0.29, 0.717) is 44.6 Å². The minimum absolute atomic E-state index is 0.0486. The maximum atomic E-state index is 13.1. The van der Waals surface area contributed by atoms with E-state index in [0.717, 1.165) is 28.9 Å². The molecule has 0 spiro atoms. The van der Waals surface area contributed by atoms with Gasteiger partial charge in [0.05, 0.1) is 6.54 Å². The van der Waals surface area contributed by atoms with Crippen LogP contribution < -0.4 is 16.4 Å². The summed E-state index contributed by atoms with van der Waals surface area (Å²) in [5, 5.41) is 15.9. The average Bonchev–Trinajstić information content (AvgIpc) is 2.81. The van der Waals surface area contributed by atoms with Crippen LogP contribution in [0.2, 0.25) is 0 Å². The molecule has 0 aliphatic carbocycles. The molecule has 1 aliphatic heterocycles. The second kappa shape index (κ2) is 11.8. The van der Waals surface area contributed by atoms with Crippen molar-refractivity contribution in [1.29, 1.82) is 0 Å². The number of phenolic OH excluding ortho intramolecular Hbond substituents is 1. The normalized spacial score (nSPS) is 17.9. The lowest BCUT2D eigenvalue weighted by molar-refractivity contribution is -0.126. The van der Waals surface area contributed by atoms with Gasteiger partial charge in [-0.25, -0.2) is 0 Å². The Labute approximate surface area is 195 Å². The van der Waals surface area contributed by atoms with Crippen molar-refractivity contribution in [2.24, 2.45) is 5.92 Å². The zero-order chi connectivity index (χ0) is 23.6. The van der Waals surface area contributed by atoms with Crippen LogP contribution in [-0.2, 0) is 22.4 Å². The van der Waals surface area contributed by atoms with Gasteiger partial charge in [0, 0.05) is 36.1 Å². The minimum atomic E-state index is -0.310. The van der Waals surface area contributed by atoms with Gasteiger partial charge < -0.3 is 26.4 Å². The van der Waals surface area contributed by atoms with Crippen LogP contribution >= 0.6 is 0 Å². The Morgan fingerprint density at radius 3 is 2.79 bits per heavy atom. The molecular weight excluding hydrogens is 416 g/mol. The van der Waals surface area contributed by atoms with Gasteiger partial charge in [-0.15, -0.1) is 0 Å². The molecule has 2 aromatic carbocycles. The second-order valence-electron chi connectivity index (χ2n) is 8.15. The van der Waals surface area contributed by atoms with E-state index in [9.17, 15) is 14.7 Å². The molecule has 0 saturated heterocycles. The number of fused-ring (bicyclic) bond motifs is 1. The van der Waals surface area contributed by atoms with Crippen molar-refractivity contribution in [2.45, 2.75) is 26.2 Å². The number of aromatic hydroxyl groups is 1. The van der Waals surface area contributed by atoms with Crippen LogP contribution in [0.15, 0.2) is 66.4 Å². The van der Waals surface area contributed by atoms with Gasteiger partial charge in [-0.3, -0.25) is 9.59 Å². The molecule has 1 unspecified atom stereocenters. The van der Waals surface area contributed by atoms with Crippen molar-refractivity contribution in [3.05, 3.63) is 77.5 Å². The summed E-state index contributed by atoms with van der Waals surface area (Å²) in [4.78, 5) is 26.6. The highest BCUT2D eigenvalue weighted by Crippen LogP contribution is 2.26. The van der Waals surface area contributed by atoms with E-state index in [2.05, 4.69) is 10.6 Å². The lowest BCUT2D eigenvalue weighted by Crippen LogP contribution is -2.37. The first-order valence-corrected chi connectivity index (χ1v) is 11.2. The van der Waals surface area contributed by atoms with E-state index in [1.54, 1.807) is 17.0 Å². The third kappa shape index (κ3) is 6.87. The molecule has 33 heavy (non-hydrogen) atoms. The molecule has 0 bridgehead atoms. The lowest BCUT2D eigenvalue weighted by Gasteiger charge is -2.27. The number of hydrogen-bond acceptors (Lipinski definition) is 5. The number of phenols is 1. The number of nitrogens with one attached hydrogen (secondary N) is 2. The highest BCUT2D eigenvalue weighted by Gasteiger charge is 2.23. The Morgan fingerprint density at radius 1 is 1.27 bits per heavy atom. The first-order valence-electron chi connectivity index (χ1n) is 11.2. The van der Waals surface area contributed by atoms with Gasteiger partial charge in [-0.2, -0.15) is 0 Å². The van der Waals surface area contributed by atoms with Crippen LogP contribution in [0.5, 0.6) is 5.75 Å². The third-order valence-corrected chi connectivity index (χ3v) is 5.77. The van der Waals surface area contributed by atoms with Crippen LogP contribution in [0.25, 0.3) is 0 Å². The van der Waals surface area contributed by atoms with Gasteiger partial charge in [-0.05, 0) is 73.7 Å². The minimum Gasteiger partial charge on any atom is -0.508 e. The Kier molecular flexibility index (Phi) is 8.52.